The van der Waals surface area contributed by atoms with Crippen molar-refractivity contribution in [1.82, 2.24) is 15.1 Å². The molecule has 3 amide bonds. The Labute approximate surface area is 183 Å². The fourth-order valence-electron chi connectivity index (χ4n) is 3.48. The van der Waals surface area contributed by atoms with Crippen molar-refractivity contribution in [2.45, 2.75) is 25.7 Å². The predicted molar refractivity (Wildman–Crippen MR) is 118 cm³/mol. The molecule has 9 heteroatoms. The highest BCUT2D eigenvalue weighted by Gasteiger charge is 2.28. The lowest BCUT2D eigenvalue weighted by atomic mass is 9.99. The number of carbonyl (C=O) groups is 2. The number of carbonyl (C=O) groups excluding carboxylic acids is 2. The molecule has 160 valence electrons. The molecule has 4 rings (SSSR count). The molecule has 1 saturated heterocycles. The van der Waals surface area contributed by atoms with Gasteiger partial charge in [-0.2, -0.15) is 0 Å². The molecule has 2 aromatic carbocycles. The number of benzene rings is 2. The maximum Gasteiger partial charge on any atom is 0.321 e. The number of urea groups is 1. The highest BCUT2D eigenvalue weighted by Crippen LogP contribution is 2.30. The molecule has 0 aliphatic carbocycles. The van der Waals surface area contributed by atoms with Crippen LogP contribution in [0.25, 0.3) is 0 Å². The Hall–Kier alpha value is -3.33. The van der Waals surface area contributed by atoms with Gasteiger partial charge >= 0.3 is 6.03 Å². The van der Waals surface area contributed by atoms with Gasteiger partial charge in [0.15, 0.2) is 0 Å². The van der Waals surface area contributed by atoms with Crippen LogP contribution in [-0.4, -0.2) is 40.1 Å². The maximum atomic E-state index is 13.1. The Morgan fingerprint density at radius 2 is 1.87 bits per heavy atom. The molecule has 1 atom stereocenters. The molecule has 1 aliphatic rings. The third kappa shape index (κ3) is 5.05. The van der Waals surface area contributed by atoms with E-state index in [1.807, 2.05) is 31.2 Å². The van der Waals surface area contributed by atoms with Crippen molar-refractivity contribution in [2.75, 3.05) is 23.7 Å². The number of hydrogen-bond acceptors (Lipinski definition) is 5. The fourth-order valence-corrected chi connectivity index (χ4v) is 4.34. The quantitative estimate of drug-likeness (QED) is 0.620. The molecule has 0 saturated carbocycles. The van der Waals surface area contributed by atoms with Gasteiger partial charge in [0.05, 0.1) is 0 Å². The Morgan fingerprint density at radius 3 is 2.65 bits per heavy atom. The van der Waals surface area contributed by atoms with E-state index in [9.17, 15) is 14.0 Å². The van der Waals surface area contributed by atoms with Crippen molar-refractivity contribution >= 4 is 34.6 Å². The van der Waals surface area contributed by atoms with Gasteiger partial charge in [0.2, 0.25) is 5.01 Å². The van der Waals surface area contributed by atoms with Crippen LogP contribution in [-0.2, 0) is 0 Å². The van der Waals surface area contributed by atoms with Crippen molar-refractivity contribution < 1.29 is 14.0 Å². The lowest BCUT2D eigenvalue weighted by Crippen LogP contribution is -2.41. The van der Waals surface area contributed by atoms with E-state index in [-0.39, 0.29) is 23.7 Å². The summed E-state index contributed by atoms with van der Waals surface area (Å²) in [5.41, 5.74) is 2.25. The number of amides is 3. The van der Waals surface area contributed by atoms with Gasteiger partial charge in [0.25, 0.3) is 5.91 Å². The van der Waals surface area contributed by atoms with Gasteiger partial charge < -0.3 is 15.5 Å². The third-order valence-electron chi connectivity index (χ3n) is 5.18. The van der Waals surface area contributed by atoms with Gasteiger partial charge in [-0.25, -0.2) is 9.18 Å². The van der Waals surface area contributed by atoms with Crippen molar-refractivity contribution in [1.29, 1.82) is 0 Å². The zero-order valence-electron chi connectivity index (χ0n) is 17.0. The molecule has 0 spiro atoms. The number of para-hydroxylation sites is 1. The summed E-state index contributed by atoms with van der Waals surface area (Å²) < 4.78 is 13.1. The highest BCUT2D eigenvalue weighted by atomic mass is 32.1. The first-order chi connectivity index (χ1) is 15.0. The van der Waals surface area contributed by atoms with Gasteiger partial charge in [-0.3, -0.25) is 4.79 Å². The largest absolute Gasteiger partial charge is 0.324 e. The third-order valence-corrected chi connectivity index (χ3v) is 6.27. The number of hydrogen-bond donors (Lipinski definition) is 2. The number of nitrogens with zero attached hydrogens (tertiary/aromatic N) is 3. The minimum Gasteiger partial charge on any atom is -0.324 e. The summed E-state index contributed by atoms with van der Waals surface area (Å²) in [6.07, 6.45) is 1.69. The molecule has 7 nitrogen and oxygen atoms in total. The second-order valence-electron chi connectivity index (χ2n) is 7.44. The van der Waals surface area contributed by atoms with Gasteiger partial charge in [-0.1, -0.05) is 29.5 Å². The molecule has 2 heterocycles. The lowest BCUT2D eigenvalue weighted by molar-refractivity contribution is 0.102. The smallest absolute Gasteiger partial charge is 0.321 e. The van der Waals surface area contributed by atoms with E-state index in [0.717, 1.165) is 29.1 Å². The average molecular weight is 440 g/mol. The van der Waals surface area contributed by atoms with Crippen LogP contribution in [0.5, 0.6) is 0 Å². The first kappa shape index (κ1) is 20.9. The summed E-state index contributed by atoms with van der Waals surface area (Å²) in [4.78, 5) is 26.9. The van der Waals surface area contributed by atoms with Crippen LogP contribution in [0.15, 0.2) is 48.5 Å². The summed E-state index contributed by atoms with van der Waals surface area (Å²) >= 11 is 1.26. The standard InChI is InChI=1S/C22H22FN5O2S/c1-14-5-2-3-7-18(14)25-19(29)21-27-26-20(31-21)15-6-4-12-28(13-15)22(30)24-17-10-8-16(23)9-11-17/h2-3,5,7-11,15H,4,6,12-13H2,1H3,(H,24,30)(H,25,29). The van der Waals surface area contributed by atoms with Crippen LogP contribution in [0, 0.1) is 12.7 Å². The van der Waals surface area contributed by atoms with Crippen LogP contribution in [0.1, 0.15) is 39.1 Å². The average Bonchev–Trinajstić information content (AvgIpc) is 3.28. The van der Waals surface area contributed by atoms with Gasteiger partial charge in [0, 0.05) is 30.4 Å². The van der Waals surface area contributed by atoms with E-state index >= 15 is 0 Å². The molecule has 1 aromatic heterocycles. The number of likely N-dealkylation sites (tertiary alicyclic amines) is 1. The predicted octanol–water partition coefficient (Wildman–Crippen LogP) is 4.65. The number of rotatable bonds is 4. The van der Waals surface area contributed by atoms with Crippen molar-refractivity contribution in [2.24, 2.45) is 0 Å². The Kier molecular flexibility index (Phi) is 6.22. The molecular formula is C22H22FN5O2S. The van der Waals surface area contributed by atoms with Crippen LogP contribution in [0.3, 0.4) is 0 Å². The van der Waals surface area contributed by atoms with Crippen LogP contribution in [0.2, 0.25) is 0 Å². The SMILES string of the molecule is Cc1ccccc1NC(=O)c1nnc(C2CCCN(C(=O)Nc3ccc(F)cc3)C2)s1. The number of aromatic nitrogens is 2. The molecular weight excluding hydrogens is 417 g/mol. The van der Waals surface area contributed by atoms with Gasteiger partial charge in [-0.05, 0) is 55.7 Å². The minimum absolute atomic E-state index is 0.0187. The van der Waals surface area contributed by atoms with E-state index < -0.39 is 0 Å². The van der Waals surface area contributed by atoms with Crippen LogP contribution in [0.4, 0.5) is 20.6 Å². The van der Waals surface area contributed by atoms with Crippen molar-refractivity contribution in [3.63, 3.8) is 0 Å². The second kappa shape index (κ2) is 9.22. The first-order valence-corrected chi connectivity index (χ1v) is 10.8. The Balaban J connectivity index is 1.39. The van der Waals surface area contributed by atoms with E-state index in [4.69, 9.17) is 0 Å². The summed E-state index contributed by atoms with van der Waals surface area (Å²) in [5, 5.41) is 15.0. The van der Waals surface area contributed by atoms with Crippen LogP contribution >= 0.6 is 11.3 Å². The molecule has 1 aliphatic heterocycles. The van der Waals surface area contributed by atoms with Crippen molar-refractivity contribution in [3.8, 4) is 0 Å². The number of anilines is 2. The Bertz CT molecular complexity index is 1090. The molecule has 31 heavy (non-hydrogen) atoms. The lowest BCUT2D eigenvalue weighted by Gasteiger charge is -2.31. The topological polar surface area (TPSA) is 87.2 Å². The van der Waals surface area contributed by atoms with Crippen LogP contribution < -0.4 is 10.6 Å². The van der Waals surface area contributed by atoms with Gasteiger partial charge in [-0.15, -0.1) is 10.2 Å². The van der Waals surface area contributed by atoms with E-state index in [0.29, 0.717) is 23.8 Å². The summed E-state index contributed by atoms with van der Waals surface area (Å²) in [5.74, 6) is -0.625. The molecule has 3 aromatic rings. The van der Waals surface area contributed by atoms with Crippen molar-refractivity contribution in [3.05, 3.63) is 69.9 Å². The number of aryl methyl sites for hydroxylation is 1. The summed E-state index contributed by atoms with van der Waals surface area (Å²) in [7, 11) is 0. The molecule has 2 N–H and O–H groups in total. The van der Waals surface area contributed by atoms with Gasteiger partial charge in [0.1, 0.15) is 10.8 Å². The number of piperidine rings is 1. The first-order valence-electron chi connectivity index (χ1n) is 10.0. The van der Waals surface area contributed by atoms with E-state index in [1.54, 1.807) is 4.90 Å². The zero-order chi connectivity index (χ0) is 21.8. The Morgan fingerprint density at radius 1 is 1.10 bits per heavy atom. The van der Waals surface area contributed by atoms with E-state index in [2.05, 4.69) is 20.8 Å². The number of nitrogens with one attached hydrogen (secondary N) is 2. The zero-order valence-corrected chi connectivity index (χ0v) is 17.8. The fraction of sp³-hybridized carbons (Fsp3) is 0.273. The summed E-state index contributed by atoms with van der Waals surface area (Å²) in [6, 6.07) is 13.0. The normalized spacial score (nSPS) is 16.1. The van der Waals surface area contributed by atoms with E-state index in [1.165, 1.54) is 35.6 Å². The highest BCUT2D eigenvalue weighted by molar-refractivity contribution is 7.13. The number of halogens is 1. The maximum absolute atomic E-state index is 13.1. The molecule has 1 unspecified atom stereocenters. The minimum atomic E-state index is -0.352. The molecule has 0 bridgehead atoms. The molecule has 0 radical (unpaired) electrons. The monoisotopic (exact) mass is 439 g/mol. The molecule has 1 fully saturated rings. The summed E-state index contributed by atoms with van der Waals surface area (Å²) in [6.45, 7) is 3.04. The second-order valence-corrected chi connectivity index (χ2v) is 8.45.